The molecule has 0 aromatic carbocycles. The summed E-state index contributed by atoms with van der Waals surface area (Å²) in [5.74, 6) is -0.971. The maximum atomic E-state index is 12.8. The molecule has 6 nitrogen and oxygen atoms in total. The summed E-state index contributed by atoms with van der Waals surface area (Å²) in [7, 11) is 0. The molecule has 0 rings (SSSR count). The molecule has 0 unspecified atom stereocenters. The number of carbonyl (C=O) groups is 3. The van der Waals surface area contributed by atoms with Crippen molar-refractivity contribution in [1.82, 2.24) is 0 Å². The first-order chi connectivity index (χ1) is 33.5. The Hall–Kier alpha value is -3.41. The maximum absolute atomic E-state index is 12.8. The van der Waals surface area contributed by atoms with Crippen LogP contribution in [0.4, 0.5) is 0 Å². The molecule has 0 aliphatic carbocycles. The van der Waals surface area contributed by atoms with Gasteiger partial charge >= 0.3 is 17.9 Å². The van der Waals surface area contributed by atoms with Crippen LogP contribution in [0.1, 0.15) is 271 Å². The molecule has 0 fully saturated rings. The second-order valence-electron chi connectivity index (χ2n) is 18.8. The number of hydrogen-bond acceptors (Lipinski definition) is 6. The van der Waals surface area contributed by atoms with Crippen molar-refractivity contribution in [3.63, 3.8) is 0 Å². The van der Waals surface area contributed by atoms with Crippen LogP contribution in [0, 0.1) is 0 Å². The van der Waals surface area contributed by atoms with Gasteiger partial charge in [-0.2, -0.15) is 0 Å². The van der Waals surface area contributed by atoms with E-state index < -0.39 is 6.10 Å². The van der Waals surface area contributed by atoms with Crippen molar-refractivity contribution in [1.29, 1.82) is 0 Å². The Morgan fingerprint density at radius 1 is 0.309 bits per heavy atom. The van der Waals surface area contributed by atoms with Crippen molar-refractivity contribution in [2.75, 3.05) is 13.2 Å². The zero-order valence-corrected chi connectivity index (χ0v) is 44.6. The average Bonchev–Trinajstić information content (AvgIpc) is 3.34. The lowest BCUT2D eigenvalue weighted by Crippen LogP contribution is -2.30. The van der Waals surface area contributed by atoms with Gasteiger partial charge < -0.3 is 14.2 Å². The highest BCUT2D eigenvalue weighted by molar-refractivity contribution is 5.71. The Kier molecular flexibility index (Phi) is 53.4. The zero-order chi connectivity index (χ0) is 49.3. The quantitative estimate of drug-likeness (QED) is 0.0262. The van der Waals surface area contributed by atoms with Crippen LogP contribution in [0.25, 0.3) is 0 Å². The van der Waals surface area contributed by atoms with E-state index in [1.165, 1.54) is 135 Å². The van der Waals surface area contributed by atoms with E-state index in [0.717, 1.165) is 89.9 Å². The van der Waals surface area contributed by atoms with Crippen molar-refractivity contribution >= 4 is 17.9 Å². The van der Waals surface area contributed by atoms with Crippen LogP contribution in [0.3, 0.4) is 0 Å². The molecule has 0 radical (unpaired) electrons. The summed E-state index contributed by atoms with van der Waals surface area (Å²) < 4.78 is 16.8. The third kappa shape index (κ3) is 53.5. The lowest BCUT2D eigenvalue weighted by Gasteiger charge is -2.18. The van der Waals surface area contributed by atoms with Gasteiger partial charge in [0.05, 0.1) is 0 Å². The average molecular weight is 948 g/mol. The van der Waals surface area contributed by atoms with E-state index in [1.807, 2.05) is 0 Å². The number of ether oxygens (including phenoxy) is 3. The summed E-state index contributed by atoms with van der Waals surface area (Å²) in [5.41, 5.74) is 0. The summed E-state index contributed by atoms with van der Waals surface area (Å²) in [4.78, 5) is 38.1. The fraction of sp³-hybridized carbons (Fsp3) is 0.726. The van der Waals surface area contributed by atoms with E-state index in [1.54, 1.807) is 0 Å². The lowest BCUT2D eigenvalue weighted by molar-refractivity contribution is -0.167. The molecule has 0 saturated carbocycles. The van der Waals surface area contributed by atoms with E-state index in [4.69, 9.17) is 14.2 Å². The highest BCUT2D eigenvalue weighted by Gasteiger charge is 2.19. The van der Waals surface area contributed by atoms with E-state index in [-0.39, 0.29) is 37.5 Å². The molecule has 0 aromatic heterocycles. The van der Waals surface area contributed by atoms with Gasteiger partial charge in [0.15, 0.2) is 6.10 Å². The summed E-state index contributed by atoms with van der Waals surface area (Å²) in [6, 6.07) is 0. The van der Waals surface area contributed by atoms with Gasteiger partial charge in [-0.1, -0.05) is 228 Å². The molecule has 0 spiro atoms. The van der Waals surface area contributed by atoms with Crippen molar-refractivity contribution in [3.05, 3.63) is 85.1 Å². The van der Waals surface area contributed by atoms with Crippen molar-refractivity contribution in [3.8, 4) is 0 Å². The minimum Gasteiger partial charge on any atom is -0.462 e. The van der Waals surface area contributed by atoms with Crippen LogP contribution >= 0.6 is 0 Å². The number of hydrogen-bond donors (Lipinski definition) is 0. The summed E-state index contributed by atoms with van der Waals surface area (Å²) in [6.45, 7) is 6.47. The Morgan fingerprint density at radius 3 is 0.956 bits per heavy atom. The minimum absolute atomic E-state index is 0.104. The Bertz CT molecular complexity index is 1320. The Balaban J connectivity index is 4.47. The molecule has 0 aliphatic heterocycles. The number of unbranched alkanes of at least 4 members (excludes halogenated alkanes) is 26. The predicted octanol–water partition coefficient (Wildman–Crippen LogP) is 19.2. The smallest absolute Gasteiger partial charge is 0.306 e. The molecule has 0 heterocycles. The van der Waals surface area contributed by atoms with Crippen LogP contribution in [-0.2, 0) is 28.6 Å². The van der Waals surface area contributed by atoms with E-state index in [0.29, 0.717) is 19.3 Å². The van der Waals surface area contributed by atoms with Crippen LogP contribution in [0.2, 0.25) is 0 Å². The standard InChI is InChI=1S/C62H106O6/c1-4-7-10-13-16-19-22-25-28-30-31-33-34-37-40-43-46-49-52-55-61(64)67-58-59(57-66-60(63)54-51-48-45-42-39-36-27-24-21-18-15-12-9-6-3)68-62(65)56-53-50-47-44-41-38-35-32-29-26-23-20-17-14-11-8-5-2/h8,11,17,20,24,26-27,29-31,35,38,44,47,59H,4-7,9-10,12-16,18-19,21-23,25,28,32-34,36-37,39-43,45-46,48-58H2,1-3H3/b11-8-,20-17-,27-24-,29-26-,31-30-,38-35-,47-44-/t59-/m1/s1. The molecule has 390 valence electrons. The van der Waals surface area contributed by atoms with Gasteiger partial charge in [0.1, 0.15) is 13.2 Å². The van der Waals surface area contributed by atoms with Crippen molar-refractivity contribution in [2.45, 2.75) is 277 Å². The molecule has 68 heavy (non-hydrogen) atoms. The van der Waals surface area contributed by atoms with E-state index in [2.05, 4.69) is 106 Å². The van der Waals surface area contributed by atoms with Gasteiger partial charge in [-0.05, 0) is 109 Å². The predicted molar refractivity (Wildman–Crippen MR) is 293 cm³/mol. The number of rotatable bonds is 51. The maximum Gasteiger partial charge on any atom is 0.306 e. The fourth-order valence-electron chi connectivity index (χ4n) is 7.82. The molecule has 0 N–H and O–H groups in total. The third-order valence-electron chi connectivity index (χ3n) is 12.1. The number of esters is 3. The van der Waals surface area contributed by atoms with E-state index in [9.17, 15) is 14.4 Å². The molecule has 0 aromatic rings. The second-order valence-corrected chi connectivity index (χ2v) is 18.8. The van der Waals surface area contributed by atoms with Crippen LogP contribution in [0.5, 0.6) is 0 Å². The molecular formula is C62H106O6. The fourth-order valence-corrected chi connectivity index (χ4v) is 7.82. The Labute approximate surface area is 420 Å². The first-order valence-corrected chi connectivity index (χ1v) is 28.6. The molecule has 0 bridgehead atoms. The number of allylic oxidation sites excluding steroid dienone is 14. The zero-order valence-electron chi connectivity index (χ0n) is 44.6. The van der Waals surface area contributed by atoms with Gasteiger partial charge in [0.2, 0.25) is 0 Å². The molecule has 0 saturated heterocycles. The van der Waals surface area contributed by atoms with Gasteiger partial charge in [-0.25, -0.2) is 0 Å². The van der Waals surface area contributed by atoms with Crippen molar-refractivity contribution in [2.24, 2.45) is 0 Å². The molecular weight excluding hydrogens is 841 g/mol. The van der Waals surface area contributed by atoms with Gasteiger partial charge in [-0.15, -0.1) is 0 Å². The normalized spacial score (nSPS) is 12.7. The first kappa shape index (κ1) is 64.6. The monoisotopic (exact) mass is 947 g/mol. The van der Waals surface area contributed by atoms with E-state index >= 15 is 0 Å². The number of carbonyl (C=O) groups excluding carboxylic acids is 3. The summed E-state index contributed by atoms with van der Waals surface area (Å²) in [6.07, 6.45) is 72.9. The molecule has 1 atom stereocenters. The largest absolute Gasteiger partial charge is 0.462 e. The van der Waals surface area contributed by atoms with Gasteiger partial charge in [-0.3, -0.25) is 14.4 Å². The molecule has 6 heteroatoms. The highest BCUT2D eigenvalue weighted by atomic mass is 16.6. The van der Waals surface area contributed by atoms with Crippen LogP contribution in [0.15, 0.2) is 85.1 Å². The summed E-state index contributed by atoms with van der Waals surface area (Å²) in [5, 5.41) is 0. The first-order valence-electron chi connectivity index (χ1n) is 28.6. The van der Waals surface area contributed by atoms with Gasteiger partial charge in [0.25, 0.3) is 0 Å². The topological polar surface area (TPSA) is 78.9 Å². The summed E-state index contributed by atoms with van der Waals surface area (Å²) >= 11 is 0. The Morgan fingerprint density at radius 2 is 0.588 bits per heavy atom. The minimum atomic E-state index is -0.812. The van der Waals surface area contributed by atoms with Crippen molar-refractivity contribution < 1.29 is 28.6 Å². The van der Waals surface area contributed by atoms with Crippen LogP contribution in [-0.4, -0.2) is 37.2 Å². The SMILES string of the molecule is CC/C=C\C/C=C\C/C=C\C/C=C\C/C=C\CCCC(=O)O[C@H](COC(=O)CCCCCCC/C=C\CCCCCCC)COC(=O)CCCCCCCCC/C=C\CCCCCCCCCC. The second kappa shape index (κ2) is 56.2. The van der Waals surface area contributed by atoms with Crippen LogP contribution < -0.4 is 0 Å². The van der Waals surface area contributed by atoms with Gasteiger partial charge in [0, 0.05) is 19.3 Å². The third-order valence-corrected chi connectivity index (χ3v) is 12.1. The highest BCUT2D eigenvalue weighted by Crippen LogP contribution is 2.14. The molecule has 0 amide bonds. The molecule has 0 aliphatic rings. The lowest BCUT2D eigenvalue weighted by atomic mass is 10.1.